The third kappa shape index (κ3) is 9.24. The van der Waals surface area contributed by atoms with Gasteiger partial charge in [0.2, 0.25) is 0 Å². The number of nitrogens with zero attached hydrogens (tertiary/aromatic N) is 2. The molecule has 0 fully saturated rings. The Labute approximate surface area is 142 Å². The first-order valence-electron chi connectivity index (χ1n) is 8.80. The van der Waals surface area contributed by atoms with Gasteiger partial charge in [0.15, 0.2) is 5.96 Å². The smallest absolute Gasteiger partial charge is 0.193 e. The fourth-order valence-electron chi connectivity index (χ4n) is 2.43. The van der Waals surface area contributed by atoms with Gasteiger partial charge in [-0.25, -0.2) is 0 Å². The summed E-state index contributed by atoms with van der Waals surface area (Å²) in [6.45, 7) is 6.37. The Balaban J connectivity index is 2.21. The highest BCUT2D eigenvalue weighted by Crippen LogP contribution is 2.18. The van der Waals surface area contributed by atoms with Gasteiger partial charge < -0.3 is 16.0 Å². The second-order valence-corrected chi connectivity index (χ2v) is 6.74. The van der Waals surface area contributed by atoms with E-state index >= 15 is 0 Å². The molecule has 0 unspecified atom stereocenters. The molecule has 0 amide bonds. The number of nitrogens with two attached hydrogens (primary N) is 1. The van der Waals surface area contributed by atoms with Crippen molar-refractivity contribution >= 4 is 11.6 Å². The Morgan fingerprint density at radius 3 is 2.52 bits per heavy atom. The average molecular weight is 319 g/mol. The molecule has 0 saturated heterocycles. The van der Waals surface area contributed by atoms with E-state index in [1.165, 1.54) is 37.8 Å². The van der Waals surface area contributed by atoms with Crippen molar-refractivity contribution in [2.45, 2.75) is 51.9 Å². The summed E-state index contributed by atoms with van der Waals surface area (Å²) >= 11 is 0. The molecule has 0 aliphatic rings. The van der Waals surface area contributed by atoms with E-state index in [9.17, 15) is 0 Å². The SMILES string of the molecule is CC(C)c1cccc(NC(N)=NCCCCCCCN(C)C)c1. The summed E-state index contributed by atoms with van der Waals surface area (Å²) in [5, 5.41) is 3.18. The van der Waals surface area contributed by atoms with E-state index in [0.717, 1.165) is 18.7 Å². The van der Waals surface area contributed by atoms with Crippen LogP contribution in [0.4, 0.5) is 5.69 Å². The first-order chi connectivity index (χ1) is 11.0. The molecule has 3 N–H and O–H groups in total. The Hall–Kier alpha value is -1.55. The number of guanidine groups is 1. The fourth-order valence-corrected chi connectivity index (χ4v) is 2.43. The topological polar surface area (TPSA) is 53.6 Å². The second kappa shape index (κ2) is 11.1. The van der Waals surface area contributed by atoms with Gasteiger partial charge in [-0.05, 0) is 57.1 Å². The maximum atomic E-state index is 5.96. The van der Waals surface area contributed by atoms with Crippen LogP contribution in [0.2, 0.25) is 0 Å². The maximum Gasteiger partial charge on any atom is 0.193 e. The van der Waals surface area contributed by atoms with Crippen molar-refractivity contribution in [2.75, 3.05) is 32.5 Å². The average Bonchev–Trinajstić information content (AvgIpc) is 2.49. The van der Waals surface area contributed by atoms with Gasteiger partial charge in [0.25, 0.3) is 0 Å². The molecule has 0 saturated carbocycles. The largest absolute Gasteiger partial charge is 0.370 e. The summed E-state index contributed by atoms with van der Waals surface area (Å²) < 4.78 is 0. The monoisotopic (exact) mass is 318 g/mol. The van der Waals surface area contributed by atoms with Gasteiger partial charge in [0.05, 0.1) is 0 Å². The van der Waals surface area contributed by atoms with Crippen molar-refractivity contribution < 1.29 is 0 Å². The molecule has 0 aliphatic carbocycles. The van der Waals surface area contributed by atoms with E-state index in [-0.39, 0.29) is 0 Å². The number of hydrogen-bond acceptors (Lipinski definition) is 2. The van der Waals surface area contributed by atoms with Crippen molar-refractivity contribution in [2.24, 2.45) is 10.7 Å². The molecule has 1 aromatic rings. The summed E-state index contributed by atoms with van der Waals surface area (Å²) in [5.41, 5.74) is 8.28. The van der Waals surface area contributed by atoms with Crippen molar-refractivity contribution in [3.63, 3.8) is 0 Å². The third-order valence-corrected chi connectivity index (χ3v) is 3.87. The first-order valence-corrected chi connectivity index (χ1v) is 8.80. The van der Waals surface area contributed by atoms with E-state index in [1.807, 2.05) is 6.07 Å². The fraction of sp³-hybridized carbons (Fsp3) is 0.632. The number of hydrogen-bond donors (Lipinski definition) is 2. The van der Waals surface area contributed by atoms with E-state index < -0.39 is 0 Å². The van der Waals surface area contributed by atoms with Crippen LogP contribution >= 0.6 is 0 Å². The van der Waals surface area contributed by atoms with E-state index in [1.54, 1.807) is 0 Å². The number of unbranched alkanes of at least 4 members (excludes halogenated alkanes) is 4. The summed E-state index contributed by atoms with van der Waals surface area (Å²) in [6.07, 6.45) is 6.21. The van der Waals surface area contributed by atoms with Crippen LogP contribution in [0.25, 0.3) is 0 Å². The third-order valence-electron chi connectivity index (χ3n) is 3.87. The maximum absolute atomic E-state index is 5.96. The predicted octanol–water partition coefficient (Wildman–Crippen LogP) is 4.05. The molecular formula is C19H34N4. The van der Waals surface area contributed by atoms with Gasteiger partial charge >= 0.3 is 0 Å². The molecule has 4 nitrogen and oxygen atoms in total. The van der Waals surface area contributed by atoms with Crippen LogP contribution in [0.15, 0.2) is 29.3 Å². The van der Waals surface area contributed by atoms with Crippen molar-refractivity contribution in [3.05, 3.63) is 29.8 Å². The van der Waals surface area contributed by atoms with Crippen molar-refractivity contribution in [1.82, 2.24) is 4.90 Å². The molecule has 0 aliphatic heterocycles. The van der Waals surface area contributed by atoms with Gasteiger partial charge in [-0.2, -0.15) is 0 Å². The van der Waals surface area contributed by atoms with Crippen LogP contribution in [0.3, 0.4) is 0 Å². The zero-order valence-electron chi connectivity index (χ0n) is 15.3. The van der Waals surface area contributed by atoms with Crippen LogP contribution < -0.4 is 11.1 Å². The minimum Gasteiger partial charge on any atom is -0.370 e. The molecule has 4 heteroatoms. The Morgan fingerprint density at radius 1 is 1.13 bits per heavy atom. The van der Waals surface area contributed by atoms with Gasteiger partial charge in [0.1, 0.15) is 0 Å². The Morgan fingerprint density at radius 2 is 1.83 bits per heavy atom. The lowest BCUT2D eigenvalue weighted by Gasteiger charge is -2.10. The zero-order chi connectivity index (χ0) is 17.1. The highest BCUT2D eigenvalue weighted by Gasteiger charge is 2.01. The molecule has 0 radical (unpaired) electrons. The van der Waals surface area contributed by atoms with Crippen LogP contribution in [0.5, 0.6) is 0 Å². The highest BCUT2D eigenvalue weighted by atomic mass is 15.1. The standard InChI is InChI=1S/C19H34N4/c1-16(2)17-11-10-12-18(15-17)22-19(20)21-13-8-6-5-7-9-14-23(3)4/h10-12,15-16H,5-9,13-14H2,1-4H3,(H3,20,21,22). The lowest BCUT2D eigenvalue weighted by atomic mass is 10.0. The molecule has 1 aromatic carbocycles. The molecule has 0 aromatic heterocycles. The van der Waals surface area contributed by atoms with E-state index in [2.05, 4.69) is 61.4 Å². The van der Waals surface area contributed by atoms with Crippen molar-refractivity contribution in [3.8, 4) is 0 Å². The first kappa shape index (κ1) is 19.5. The molecule has 1 rings (SSSR count). The highest BCUT2D eigenvalue weighted by molar-refractivity contribution is 5.92. The van der Waals surface area contributed by atoms with Gasteiger partial charge in [-0.15, -0.1) is 0 Å². The summed E-state index contributed by atoms with van der Waals surface area (Å²) in [4.78, 5) is 6.66. The molecule has 0 atom stereocenters. The molecule has 0 heterocycles. The molecule has 0 bridgehead atoms. The lowest BCUT2D eigenvalue weighted by Crippen LogP contribution is -2.22. The minimum atomic E-state index is 0.513. The van der Waals surface area contributed by atoms with E-state index in [4.69, 9.17) is 5.73 Å². The van der Waals surface area contributed by atoms with Crippen molar-refractivity contribution in [1.29, 1.82) is 0 Å². The zero-order valence-corrected chi connectivity index (χ0v) is 15.3. The molecular weight excluding hydrogens is 284 g/mol. The lowest BCUT2D eigenvalue weighted by molar-refractivity contribution is 0.390. The van der Waals surface area contributed by atoms with E-state index in [0.29, 0.717) is 11.9 Å². The second-order valence-electron chi connectivity index (χ2n) is 6.74. The van der Waals surface area contributed by atoms with Crippen LogP contribution in [0.1, 0.15) is 57.4 Å². The summed E-state index contributed by atoms with van der Waals surface area (Å²) in [7, 11) is 4.25. The van der Waals surface area contributed by atoms with Gasteiger partial charge in [-0.3, -0.25) is 4.99 Å². The summed E-state index contributed by atoms with van der Waals surface area (Å²) in [6, 6.07) is 8.36. The molecule has 130 valence electrons. The minimum absolute atomic E-state index is 0.513. The number of aliphatic imine (C=N–C) groups is 1. The van der Waals surface area contributed by atoms with Crippen LogP contribution in [0, 0.1) is 0 Å². The normalized spacial score (nSPS) is 12.2. The van der Waals surface area contributed by atoms with Crippen LogP contribution in [-0.4, -0.2) is 38.0 Å². The van der Waals surface area contributed by atoms with Gasteiger partial charge in [0, 0.05) is 12.2 Å². The van der Waals surface area contributed by atoms with Gasteiger partial charge in [-0.1, -0.05) is 45.2 Å². The quantitative estimate of drug-likeness (QED) is 0.389. The Kier molecular flexibility index (Phi) is 9.37. The summed E-state index contributed by atoms with van der Waals surface area (Å²) in [5.74, 6) is 1.03. The number of rotatable bonds is 10. The van der Waals surface area contributed by atoms with Crippen LogP contribution in [-0.2, 0) is 0 Å². The number of anilines is 1. The number of benzene rings is 1. The Bertz CT molecular complexity index is 466. The molecule has 0 spiro atoms. The predicted molar refractivity (Wildman–Crippen MR) is 102 cm³/mol. The number of nitrogens with one attached hydrogen (secondary N) is 1. The molecule has 23 heavy (non-hydrogen) atoms.